The average molecular weight is 300 g/mol. The highest BCUT2D eigenvalue weighted by Crippen LogP contribution is 2.21. The van der Waals surface area contributed by atoms with Crippen molar-refractivity contribution in [2.75, 3.05) is 5.32 Å². The summed E-state index contributed by atoms with van der Waals surface area (Å²) in [6.07, 6.45) is 1.34. The maximum Gasteiger partial charge on any atom is 0.259 e. The van der Waals surface area contributed by atoms with E-state index in [9.17, 15) is 4.79 Å². The van der Waals surface area contributed by atoms with Gasteiger partial charge in [-0.25, -0.2) is 4.98 Å². The largest absolute Gasteiger partial charge is 0.338 e. The Hall–Kier alpha value is -1.59. The molecule has 2 aromatic rings. The summed E-state index contributed by atoms with van der Waals surface area (Å²) < 4.78 is 5.01. The first-order valence-corrected chi connectivity index (χ1v) is 6.32. The van der Waals surface area contributed by atoms with E-state index in [0.717, 1.165) is 5.69 Å². The summed E-state index contributed by atoms with van der Waals surface area (Å²) >= 11 is 11.5. The highest BCUT2D eigenvalue weighted by Gasteiger charge is 2.13. The fourth-order valence-electron chi connectivity index (χ4n) is 1.35. The molecule has 19 heavy (non-hydrogen) atoms. The van der Waals surface area contributed by atoms with E-state index in [2.05, 4.69) is 15.5 Å². The molecule has 5 nitrogen and oxygen atoms in total. The van der Waals surface area contributed by atoms with Crippen LogP contribution in [0.5, 0.6) is 0 Å². The summed E-state index contributed by atoms with van der Waals surface area (Å²) in [6.45, 7) is 3.96. The molecule has 100 valence electrons. The minimum Gasteiger partial charge on any atom is -0.338 e. The first-order chi connectivity index (χ1) is 8.97. The van der Waals surface area contributed by atoms with Crippen molar-refractivity contribution in [1.82, 2.24) is 10.1 Å². The maximum atomic E-state index is 11.9. The van der Waals surface area contributed by atoms with E-state index in [1.807, 2.05) is 13.8 Å². The molecular formula is C12H11Cl2N3O2. The minimum absolute atomic E-state index is 0.153. The predicted octanol–water partition coefficient (Wildman–Crippen LogP) is 3.75. The SMILES string of the molecule is CC(C)c1cc(NC(=O)c2cnc(Cl)c(Cl)c2)on1. The number of carbonyl (C=O) groups is 1. The number of hydrogen-bond donors (Lipinski definition) is 1. The second-order valence-electron chi connectivity index (χ2n) is 4.22. The van der Waals surface area contributed by atoms with Crippen LogP contribution in [0.4, 0.5) is 5.88 Å². The van der Waals surface area contributed by atoms with Crippen LogP contribution < -0.4 is 5.32 Å². The molecule has 1 amide bonds. The molecule has 0 aromatic carbocycles. The number of hydrogen-bond acceptors (Lipinski definition) is 4. The van der Waals surface area contributed by atoms with Gasteiger partial charge in [-0.05, 0) is 12.0 Å². The van der Waals surface area contributed by atoms with E-state index >= 15 is 0 Å². The molecule has 2 rings (SSSR count). The Morgan fingerprint density at radius 1 is 1.37 bits per heavy atom. The average Bonchev–Trinajstić information content (AvgIpc) is 2.81. The number of anilines is 1. The van der Waals surface area contributed by atoms with E-state index in [-0.39, 0.29) is 27.5 Å². The van der Waals surface area contributed by atoms with Crippen molar-refractivity contribution in [2.24, 2.45) is 0 Å². The van der Waals surface area contributed by atoms with Crippen LogP contribution in [0.25, 0.3) is 0 Å². The number of nitrogens with one attached hydrogen (secondary N) is 1. The molecule has 0 unspecified atom stereocenters. The Balaban J connectivity index is 2.13. The van der Waals surface area contributed by atoms with Gasteiger partial charge in [0.15, 0.2) is 0 Å². The Labute approximate surface area is 119 Å². The number of amides is 1. The molecule has 0 bridgehead atoms. The topological polar surface area (TPSA) is 68.0 Å². The quantitative estimate of drug-likeness (QED) is 0.876. The van der Waals surface area contributed by atoms with Crippen LogP contribution >= 0.6 is 23.2 Å². The molecule has 0 saturated heterocycles. The first kappa shape index (κ1) is 13.8. The zero-order chi connectivity index (χ0) is 14.0. The van der Waals surface area contributed by atoms with Crippen LogP contribution in [0.15, 0.2) is 22.9 Å². The molecule has 0 spiro atoms. The van der Waals surface area contributed by atoms with Crippen molar-refractivity contribution in [1.29, 1.82) is 0 Å². The zero-order valence-electron chi connectivity index (χ0n) is 10.3. The standard InChI is InChI=1S/C12H11Cl2N3O2/c1-6(2)9-4-10(19-17-9)16-12(18)7-3-8(13)11(14)15-5-7/h3-6H,1-2H3,(H,16,18). The lowest BCUT2D eigenvalue weighted by molar-refractivity contribution is 0.102. The van der Waals surface area contributed by atoms with Gasteiger partial charge in [-0.2, -0.15) is 0 Å². The van der Waals surface area contributed by atoms with E-state index in [1.165, 1.54) is 12.3 Å². The minimum atomic E-state index is -0.391. The maximum absolute atomic E-state index is 11.9. The number of pyridine rings is 1. The second-order valence-corrected chi connectivity index (χ2v) is 4.99. The third-order valence-electron chi connectivity index (χ3n) is 2.42. The lowest BCUT2D eigenvalue weighted by Gasteiger charge is -2.02. The number of nitrogens with zero attached hydrogens (tertiary/aromatic N) is 2. The number of carbonyl (C=O) groups excluding carboxylic acids is 1. The van der Waals surface area contributed by atoms with E-state index in [1.54, 1.807) is 6.07 Å². The lowest BCUT2D eigenvalue weighted by atomic mass is 10.1. The molecule has 0 radical (unpaired) electrons. The molecule has 0 aliphatic rings. The van der Waals surface area contributed by atoms with Crippen LogP contribution in [-0.4, -0.2) is 16.0 Å². The zero-order valence-corrected chi connectivity index (χ0v) is 11.8. The predicted molar refractivity (Wildman–Crippen MR) is 72.8 cm³/mol. The van der Waals surface area contributed by atoms with Gasteiger partial charge >= 0.3 is 0 Å². The van der Waals surface area contributed by atoms with Crippen molar-refractivity contribution in [3.63, 3.8) is 0 Å². The van der Waals surface area contributed by atoms with E-state index in [0.29, 0.717) is 0 Å². The molecule has 0 aliphatic carbocycles. The number of halogens is 2. The Morgan fingerprint density at radius 3 is 2.68 bits per heavy atom. The second kappa shape index (κ2) is 5.59. The van der Waals surface area contributed by atoms with Crippen molar-refractivity contribution in [2.45, 2.75) is 19.8 Å². The van der Waals surface area contributed by atoms with Gasteiger partial charge in [0.25, 0.3) is 5.91 Å². The van der Waals surface area contributed by atoms with Crippen molar-refractivity contribution >= 4 is 35.0 Å². The van der Waals surface area contributed by atoms with E-state index in [4.69, 9.17) is 27.7 Å². The van der Waals surface area contributed by atoms with E-state index < -0.39 is 5.91 Å². The van der Waals surface area contributed by atoms with Crippen LogP contribution in [0.1, 0.15) is 35.8 Å². The normalized spacial score (nSPS) is 10.8. The smallest absolute Gasteiger partial charge is 0.259 e. The molecule has 0 saturated carbocycles. The third-order valence-corrected chi connectivity index (χ3v) is 3.10. The monoisotopic (exact) mass is 299 g/mol. The molecule has 2 heterocycles. The van der Waals surface area contributed by atoms with Crippen molar-refractivity contribution in [3.05, 3.63) is 39.8 Å². The Kier molecular flexibility index (Phi) is 4.07. The molecule has 0 atom stereocenters. The van der Waals surface area contributed by atoms with Gasteiger partial charge in [0.2, 0.25) is 5.88 Å². The van der Waals surface area contributed by atoms with Crippen molar-refractivity contribution < 1.29 is 9.32 Å². The van der Waals surface area contributed by atoms with Crippen LogP contribution in [-0.2, 0) is 0 Å². The third kappa shape index (κ3) is 3.24. The van der Waals surface area contributed by atoms with Gasteiger partial charge in [0, 0.05) is 12.3 Å². The van der Waals surface area contributed by atoms with Gasteiger partial charge in [-0.15, -0.1) is 0 Å². The van der Waals surface area contributed by atoms with Crippen LogP contribution in [0.3, 0.4) is 0 Å². The van der Waals surface area contributed by atoms with Gasteiger partial charge in [-0.3, -0.25) is 10.1 Å². The summed E-state index contributed by atoms with van der Waals surface area (Å²) in [6, 6.07) is 3.11. The summed E-state index contributed by atoms with van der Waals surface area (Å²) in [4.78, 5) is 15.7. The van der Waals surface area contributed by atoms with Gasteiger partial charge in [0.05, 0.1) is 16.3 Å². The van der Waals surface area contributed by atoms with Crippen LogP contribution in [0.2, 0.25) is 10.2 Å². The molecule has 0 fully saturated rings. The summed E-state index contributed by atoms with van der Waals surface area (Å²) in [5.41, 5.74) is 1.06. The fraction of sp³-hybridized carbons (Fsp3) is 0.250. The summed E-state index contributed by atoms with van der Waals surface area (Å²) in [7, 11) is 0. The van der Waals surface area contributed by atoms with Crippen molar-refractivity contribution in [3.8, 4) is 0 Å². The summed E-state index contributed by atoms with van der Waals surface area (Å²) in [5.74, 6) is 0.110. The Morgan fingerprint density at radius 2 is 2.11 bits per heavy atom. The van der Waals surface area contributed by atoms with Crippen LogP contribution in [0, 0.1) is 0 Å². The molecule has 7 heteroatoms. The molecule has 2 aromatic heterocycles. The number of rotatable bonds is 3. The highest BCUT2D eigenvalue weighted by molar-refractivity contribution is 6.41. The Bertz CT molecular complexity index is 611. The molecule has 0 aliphatic heterocycles. The highest BCUT2D eigenvalue weighted by atomic mass is 35.5. The van der Waals surface area contributed by atoms with Gasteiger partial charge < -0.3 is 4.52 Å². The number of aromatic nitrogens is 2. The fourth-order valence-corrected chi connectivity index (χ4v) is 1.62. The lowest BCUT2D eigenvalue weighted by Crippen LogP contribution is -2.11. The first-order valence-electron chi connectivity index (χ1n) is 5.56. The molecular weight excluding hydrogens is 289 g/mol. The molecule has 1 N–H and O–H groups in total. The summed E-state index contributed by atoms with van der Waals surface area (Å²) in [5, 5.41) is 6.78. The van der Waals surface area contributed by atoms with Gasteiger partial charge in [-0.1, -0.05) is 42.2 Å². The van der Waals surface area contributed by atoms with Gasteiger partial charge in [0.1, 0.15) is 5.15 Å².